The third kappa shape index (κ3) is 18.1. The first-order valence-corrected chi connectivity index (χ1v) is 37.2. The predicted molar refractivity (Wildman–Crippen MR) is 408 cm³/mol. The van der Waals surface area contributed by atoms with Crippen LogP contribution in [0.1, 0.15) is 135 Å². The van der Waals surface area contributed by atoms with Gasteiger partial charge in [-0.1, -0.05) is 12.7 Å². The molecule has 2 saturated heterocycles. The highest BCUT2D eigenvalue weighted by Crippen LogP contribution is 2.46. The summed E-state index contributed by atoms with van der Waals surface area (Å²) >= 11 is 12.2. The molecular formula is C77H83Cl2N9O16S2. The van der Waals surface area contributed by atoms with E-state index in [1.54, 1.807) is 84.2 Å². The number of aliphatic imine (C=N–C) groups is 1. The van der Waals surface area contributed by atoms with E-state index >= 15 is 0 Å². The molecule has 7 atom stereocenters. The molecule has 29 heteroatoms. The summed E-state index contributed by atoms with van der Waals surface area (Å²) in [5.74, 6) is -3.39. The number of rotatable bonds is 18. The van der Waals surface area contributed by atoms with Gasteiger partial charge in [0, 0.05) is 84.0 Å². The van der Waals surface area contributed by atoms with E-state index in [-0.39, 0.29) is 66.7 Å². The van der Waals surface area contributed by atoms with Gasteiger partial charge in [0.1, 0.15) is 47.2 Å². The molecule has 0 spiro atoms. The van der Waals surface area contributed by atoms with Gasteiger partial charge in [-0.2, -0.15) is 0 Å². The second-order valence-corrected chi connectivity index (χ2v) is 29.4. The molecule has 13 rings (SSSR count). The average Bonchev–Trinajstić information content (AvgIpc) is 1.59. The Morgan fingerprint density at radius 3 is 1.75 bits per heavy atom. The van der Waals surface area contributed by atoms with Gasteiger partial charge in [-0.25, -0.2) is 14.4 Å². The first kappa shape index (κ1) is 77.5. The fourth-order valence-electron chi connectivity index (χ4n) is 13.7. The Kier molecular flexibility index (Phi) is 25.4. The number of carbonyl (C=O) groups excluding carboxylic acids is 9. The summed E-state index contributed by atoms with van der Waals surface area (Å²) in [5.41, 5.74) is 8.81. The molecule has 106 heavy (non-hydrogen) atoms. The van der Waals surface area contributed by atoms with Crippen LogP contribution in [0.3, 0.4) is 0 Å². The topological polar surface area (TPSA) is 295 Å². The molecule has 4 N–H and O–H groups in total. The van der Waals surface area contributed by atoms with Gasteiger partial charge in [0.2, 0.25) is 11.8 Å². The standard InChI is InChI=1S/C43H48N4O10S.C33H33N5O6S.CH2Cl2/c1-6-14-55-43(52)47-33-17-25(3)24(2)16-32(33)39(49)30-12-11-29(21-31(30)41(47)57-38-9-7-8-15-54-38)56-23-37(48)44-28-20-34(46(4)22-28)40(50)45-27-10-13-35-26(18-27)19-36(58-35)42(51)53-5;1-18-9-25-26(10-19(18)2)34-15-23-14-24(7-8-38(23)32(25)41)44-17-30(39)35-22-13-27(37(3)16-22)31(40)36-21-5-6-28-20(11-21)12-29(45-28)33(42)43-4;2-1-3/h6,10,13,16-20,22,29-31,38,41H,1,7-9,11-12,14-15,21,23H2,2-5H3,(H,44,48)(H,45,50);5-6,9-13,15-16,23-24H,7-8,14,17H2,1-4H3,(H,35,39)(H,36,40);1H2/t29-,30?,31-,38?,41?;23-,24+;/m10./s1. The third-order valence-corrected chi connectivity index (χ3v) is 21.4. The minimum atomic E-state index is -0.906. The number of nitrogens with zero attached hydrogens (tertiary/aromatic N) is 5. The largest absolute Gasteiger partial charge is 0.465 e. The van der Waals surface area contributed by atoms with Crippen molar-refractivity contribution in [1.29, 1.82) is 0 Å². The number of hydrogen-bond acceptors (Lipinski definition) is 19. The van der Waals surface area contributed by atoms with Crippen LogP contribution in [0.4, 0.5) is 38.9 Å². The molecule has 3 unspecified atom stereocenters. The summed E-state index contributed by atoms with van der Waals surface area (Å²) < 4.78 is 45.0. The molecule has 5 aliphatic rings. The van der Waals surface area contributed by atoms with E-state index in [1.165, 1.54) is 47.9 Å². The number of anilines is 5. The van der Waals surface area contributed by atoms with Gasteiger partial charge in [-0.05, 0) is 197 Å². The average molecular weight is 1530 g/mol. The van der Waals surface area contributed by atoms with E-state index in [0.717, 1.165) is 55.3 Å². The number of esters is 2. The molecule has 6 amide bonds. The lowest BCUT2D eigenvalue weighted by Crippen LogP contribution is -2.52. The van der Waals surface area contributed by atoms with E-state index < -0.39 is 54.4 Å². The first-order valence-electron chi connectivity index (χ1n) is 34.5. The lowest BCUT2D eigenvalue weighted by atomic mass is 9.74. The first-order chi connectivity index (χ1) is 50.9. The Bertz CT molecular complexity index is 4730. The van der Waals surface area contributed by atoms with Crippen molar-refractivity contribution in [1.82, 2.24) is 14.0 Å². The zero-order valence-corrected chi connectivity index (χ0v) is 63.0. The fraction of sp³-hybridized carbons (Fsp3) is 0.377. The maximum atomic E-state index is 14.4. The van der Waals surface area contributed by atoms with Crippen molar-refractivity contribution in [2.75, 3.05) is 78.7 Å². The Labute approximate surface area is 630 Å². The zero-order valence-electron chi connectivity index (χ0n) is 59.9. The monoisotopic (exact) mass is 1520 g/mol. The second kappa shape index (κ2) is 34.8. The lowest BCUT2D eigenvalue weighted by molar-refractivity contribution is -0.204. The molecule has 1 aliphatic carbocycles. The smallest absolute Gasteiger partial charge is 0.416 e. The molecule has 4 aromatic heterocycles. The number of aryl methyl sites for hydroxylation is 6. The number of ketones is 1. The molecule has 25 nitrogen and oxygen atoms in total. The Balaban J connectivity index is 0.000000210. The third-order valence-electron chi connectivity index (χ3n) is 19.2. The number of thiophene rings is 2. The summed E-state index contributed by atoms with van der Waals surface area (Å²) in [6.07, 6.45) is 8.76. The number of fused-ring (bicyclic) bond motifs is 6. The van der Waals surface area contributed by atoms with Gasteiger partial charge in [0.15, 0.2) is 12.1 Å². The van der Waals surface area contributed by atoms with Crippen LogP contribution in [0.25, 0.3) is 20.2 Å². The molecule has 4 aromatic carbocycles. The summed E-state index contributed by atoms with van der Waals surface area (Å²) in [7, 11) is 6.09. The Morgan fingerprint density at radius 1 is 0.651 bits per heavy atom. The number of ether oxygens (including phenoxy) is 7. The maximum absolute atomic E-state index is 14.4. The minimum Gasteiger partial charge on any atom is -0.465 e. The van der Waals surface area contributed by atoms with Gasteiger partial charge < -0.3 is 68.5 Å². The van der Waals surface area contributed by atoms with Crippen molar-refractivity contribution in [3.05, 3.63) is 165 Å². The Morgan fingerprint density at radius 2 is 1.20 bits per heavy atom. The van der Waals surface area contributed by atoms with E-state index in [1.807, 2.05) is 75.2 Å². The van der Waals surface area contributed by atoms with Crippen LogP contribution in [0.5, 0.6) is 0 Å². The molecule has 4 aliphatic heterocycles. The lowest BCUT2D eigenvalue weighted by Gasteiger charge is -2.42. The van der Waals surface area contributed by atoms with Crippen LogP contribution in [-0.4, -0.2) is 157 Å². The summed E-state index contributed by atoms with van der Waals surface area (Å²) in [4.78, 5) is 127. The highest BCUT2D eigenvalue weighted by Gasteiger charge is 2.50. The normalized spacial score (nSPS) is 19.4. The van der Waals surface area contributed by atoms with Gasteiger partial charge >= 0.3 is 18.0 Å². The highest BCUT2D eigenvalue weighted by molar-refractivity contribution is 7.21. The van der Waals surface area contributed by atoms with E-state index in [9.17, 15) is 43.2 Å². The van der Waals surface area contributed by atoms with Crippen LogP contribution in [-0.2, 0) is 56.8 Å². The van der Waals surface area contributed by atoms with Crippen molar-refractivity contribution >= 4 is 160 Å². The van der Waals surface area contributed by atoms with Crippen molar-refractivity contribution in [3.8, 4) is 0 Å². The van der Waals surface area contributed by atoms with E-state index in [2.05, 4.69) is 32.8 Å². The molecule has 3 fully saturated rings. The van der Waals surface area contributed by atoms with Crippen molar-refractivity contribution in [3.63, 3.8) is 0 Å². The quantitative estimate of drug-likeness (QED) is 0.0269. The van der Waals surface area contributed by atoms with Crippen LogP contribution < -0.4 is 26.2 Å². The minimum absolute atomic E-state index is 0.0230. The second-order valence-electron chi connectivity index (χ2n) is 26.4. The number of methoxy groups -OCH3 is 2. The van der Waals surface area contributed by atoms with Crippen LogP contribution in [0.15, 0.2) is 115 Å². The number of carbonyl (C=O) groups is 9. The summed E-state index contributed by atoms with van der Waals surface area (Å²) in [6, 6.07) is 24.7. The number of hydrogen-bond donors (Lipinski definition) is 4. The fourth-order valence-corrected chi connectivity index (χ4v) is 15.6. The van der Waals surface area contributed by atoms with Crippen molar-refractivity contribution in [2.45, 2.75) is 110 Å². The molecule has 8 aromatic rings. The molecule has 558 valence electrons. The number of Topliss-reactive ketones (excluding diaryl/α,β-unsaturated/α-hetero) is 1. The maximum Gasteiger partial charge on any atom is 0.416 e. The van der Waals surface area contributed by atoms with Crippen LogP contribution in [0, 0.1) is 39.5 Å². The van der Waals surface area contributed by atoms with Crippen LogP contribution >= 0.6 is 45.9 Å². The van der Waals surface area contributed by atoms with E-state index in [0.29, 0.717) is 118 Å². The van der Waals surface area contributed by atoms with E-state index in [4.69, 9.17) is 56.4 Å². The van der Waals surface area contributed by atoms with Gasteiger partial charge in [0.05, 0.1) is 66.1 Å². The molecule has 0 bridgehead atoms. The summed E-state index contributed by atoms with van der Waals surface area (Å²) in [6.45, 7) is 12.1. The SMILES string of the molecule is C=CCOC(=O)N1c2cc(C)c(C)cc2C(=O)C2CC[C@@H](OCC(=O)Nc3cc(C(=O)Nc4ccc5sc(C(=O)OC)cc5c4)n(C)c3)C[C@H]2C1OC1CCCCO1.COC(=O)c1cc2cc(NC(=O)c3cc(NC(=O)CO[C@@H]4CCN5C(=O)c6cc(C)c(C)cc6N=C[C@@H]5C4)cn3C)ccc2s1.ClCCl. The predicted octanol–water partition coefficient (Wildman–Crippen LogP) is 14.2. The number of amides is 6. The number of piperidine rings is 1. The molecule has 0 radical (unpaired) electrons. The van der Waals surface area contributed by atoms with Gasteiger partial charge in [-0.15, -0.1) is 45.9 Å². The van der Waals surface area contributed by atoms with Crippen molar-refractivity contribution in [2.24, 2.45) is 30.9 Å². The highest BCUT2D eigenvalue weighted by atomic mass is 35.5. The molecule has 1 saturated carbocycles. The van der Waals surface area contributed by atoms with Crippen molar-refractivity contribution < 1.29 is 76.3 Å². The number of alkyl halides is 2. The molecule has 8 heterocycles. The number of benzene rings is 4. The number of halogens is 2. The zero-order chi connectivity index (χ0) is 75.6. The van der Waals surface area contributed by atoms with Gasteiger partial charge in [-0.3, -0.25) is 38.7 Å². The summed E-state index contributed by atoms with van der Waals surface area (Å²) in [5, 5.41) is 13.2. The van der Waals surface area contributed by atoms with Gasteiger partial charge in [0.25, 0.3) is 17.7 Å². The molecular weight excluding hydrogens is 1440 g/mol. The number of aromatic nitrogens is 2. The Hall–Kier alpha value is -9.58. The van der Waals surface area contributed by atoms with Crippen LogP contribution in [0.2, 0.25) is 0 Å². The number of nitrogens with one attached hydrogen (secondary N) is 4.